The summed E-state index contributed by atoms with van der Waals surface area (Å²) in [5, 5.41) is 4.20. The highest BCUT2D eigenvalue weighted by Crippen LogP contribution is 2.35. The molecule has 0 saturated heterocycles. The Labute approximate surface area is 180 Å². The number of rotatable bonds is 8. The van der Waals surface area contributed by atoms with Crippen molar-refractivity contribution < 1.29 is 27.3 Å². The van der Waals surface area contributed by atoms with Gasteiger partial charge in [-0.25, -0.2) is 13.1 Å². The van der Waals surface area contributed by atoms with Crippen LogP contribution < -0.4 is 4.72 Å². The lowest BCUT2D eigenvalue weighted by atomic mass is 9.98. The number of aromatic nitrogens is 1. The van der Waals surface area contributed by atoms with E-state index in [2.05, 4.69) is 9.89 Å². The number of nitrogens with one attached hydrogen (secondary N) is 1. The van der Waals surface area contributed by atoms with E-state index in [0.717, 1.165) is 16.7 Å². The Morgan fingerprint density at radius 3 is 2.29 bits per heavy atom. The number of carbonyl (C=O) groups is 2. The van der Waals surface area contributed by atoms with Crippen molar-refractivity contribution in [3.63, 3.8) is 0 Å². The van der Waals surface area contributed by atoms with Crippen LogP contribution in [0, 0.1) is 0 Å². The predicted octanol–water partition coefficient (Wildman–Crippen LogP) is 3.33. The van der Waals surface area contributed by atoms with Gasteiger partial charge >= 0.3 is 5.97 Å². The molecule has 1 aromatic heterocycles. The molecule has 1 heterocycles. The van der Waals surface area contributed by atoms with Crippen LogP contribution in [0.5, 0.6) is 0 Å². The summed E-state index contributed by atoms with van der Waals surface area (Å²) in [6.07, 6.45) is 0.128. The number of nitrogens with zero attached hydrogens (tertiary/aromatic N) is 1. The predicted molar refractivity (Wildman–Crippen MR) is 113 cm³/mol. The highest BCUT2D eigenvalue weighted by Gasteiger charge is 2.21. The van der Waals surface area contributed by atoms with Gasteiger partial charge in [0.2, 0.25) is 5.91 Å². The average Bonchev–Trinajstić information content (AvgIpc) is 3.22. The number of carbonyl (C=O) groups excluding carboxylic acids is 2. The molecule has 0 saturated carbocycles. The smallest absolute Gasteiger partial charge is 0.306 e. The molecule has 0 spiro atoms. The van der Waals surface area contributed by atoms with Gasteiger partial charge in [-0.1, -0.05) is 54.5 Å². The molecule has 3 rings (SSSR count). The molecule has 9 heteroatoms. The van der Waals surface area contributed by atoms with Crippen molar-refractivity contribution in [2.45, 2.75) is 31.1 Å². The second-order valence-corrected chi connectivity index (χ2v) is 8.36. The molecule has 0 radical (unpaired) electrons. The molecule has 0 atom stereocenters. The van der Waals surface area contributed by atoms with Crippen molar-refractivity contribution in [1.29, 1.82) is 0 Å². The van der Waals surface area contributed by atoms with Crippen molar-refractivity contribution >= 4 is 21.9 Å². The summed E-state index contributed by atoms with van der Waals surface area (Å²) in [6.45, 7) is 1.95. The molecule has 3 aromatic rings. The zero-order chi connectivity index (χ0) is 22.4. The monoisotopic (exact) mass is 442 g/mol. The van der Waals surface area contributed by atoms with Gasteiger partial charge in [-0.3, -0.25) is 9.59 Å². The number of methoxy groups -OCH3 is 1. The van der Waals surface area contributed by atoms with E-state index in [0.29, 0.717) is 17.9 Å². The van der Waals surface area contributed by atoms with Gasteiger partial charge < -0.3 is 9.26 Å². The molecule has 0 aliphatic heterocycles. The molecule has 0 aliphatic rings. The first kappa shape index (κ1) is 22.2. The number of esters is 1. The quantitative estimate of drug-likeness (QED) is 0.532. The first-order valence-corrected chi connectivity index (χ1v) is 11.1. The minimum Gasteiger partial charge on any atom is -0.469 e. The number of aryl methyl sites for hydroxylation is 1. The molecule has 162 valence electrons. The van der Waals surface area contributed by atoms with Crippen LogP contribution in [0.15, 0.2) is 64.0 Å². The lowest BCUT2D eigenvalue weighted by molar-refractivity contribution is -0.142. The number of ether oxygens (including phenoxy) is 1. The standard InChI is InChI=1S/C22H22N2O6S/c1-3-18-21(22(23-30-18)16-7-5-4-6-8-16)15-9-11-17(12-10-15)31(27,28)24-19(25)13-14-20(26)29-2/h4-12H,3,13-14H2,1-2H3,(H,24,25). The van der Waals surface area contributed by atoms with Gasteiger partial charge in [0.25, 0.3) is 10.0 Å². The van der Waals surface area contributed by atoms with Crippen LogP contribution in [-0.2, 0) is 30.8 Å². The molecule has 0 bridgehead atoms. The van der Waals surface area contributed by atoms with Crippen molar-refractivity contribution in [1.82, 2.24) is 9.88 Å². The normalized spacial score (nSPS) is 11.2. The van der Waals surface area contributed by atoms with E-state index in [1.807, 2.05) is 42.0 Å². The first-order valence-electron chi connectivity index (χ1n) is 9.62. The summed E-state index contributed by atoms with van der Waals surface area (Å²) in [5.74, 6) is -0.690. The zero-order valence-electron chi connectivity index (χ0n) is 17.1. The third-order valence-corrected chi connectivity index (χ3v) is 6.01. The lowest BCUT2D eigenvalue weighted by Crippen LogP contribution is -2.30. The number of amides is 1. The van der Waals surface area contributed by atoms with Crippen LogP contribution >= 0.6 is 0 Å². The zero-order valence-corrected chi connectivity index (χ0v) is 17.9. The number of hydrogen-bond donors (Lipinski definition) is 1. The molecule has 0 fully saturated rings. The minimum absolute atomic E-state index is 0.0709. The number of hydrogen-bond acceptors (Lipinski definition) is 7. The van der Waals surface area contributed by atoms with E-state index >= 15 is 0 Å². The van der Waals surface area contributed by atoms with Crippen molar-refractivity contribution in [2.24, 2.45) is 0 Å². The topological polar surface area (TPSA) is 116 Å². The molecule has 1 N–H and O–H groups in total. The van der Waals surface area contributed by atoms with Gasteiger partial charge in [-0.15, -0.1) is 0 Å². The van der Waals surface area contributed by atoms with E-state index in [9.17, 15) is 18.0 Å². The fraction of sp³-hybridized carbons (Fsp3) is 0.227. The fourth-order valence-corrected chi connectivity index (χ4v) is 4.05. The van der Waals surface area contributed by atoms with E-state index in [1.165, 1.54) is 19.2 Å². The Morgan fingerprint density at radius 1 is 1.00 bits per heavy atom. The highest BCUT2D eigenvalue weighted by atomic mass is 32.2. The average molecular weight is 442 g/mol. The summed E-state index contributed by atoms with van der Waals surface area (Å²) in [4.78, 5) is 22.9. The third-order valence-electron chi connectivity index (χ3n) is 4.62. The molecule has 8 nitrogen and oxygen atoms in total. The number of benzene rings is 2. The van der Waals surface area contributed by atoms with Crippen molar-refractivity contribution in [3.8, 4) is 22.4 Å². The van der Waals surface area contributed by atoms with E-state index in [1.54, 1.807) is 12.1 Å². The summed E-state index contributed by atoms with van der Waals surface area (Å²) < 4.78 is 36.9. The summed E-state index contributed by atoms with van der Waals surface area (Å²) in [5.41, 5.74) is 3.09. The summed E-state index contributed by atoms with van der Waals surface area (Å²) in [7, 11) is -2.87. The molecule has 0 aliphatic carbocycles. The Morgan fingerprint density at radius 2 is 1.68 bits per heavy atom. The molecule has 31 heavy (non-hydrogen) atoms. The third kappa shape index (κ3) is 5.18. The van der Waals surface area contributed by atoms with Crippen LogP contribution in [0.4, 0.5) is 0 Å². The molecule has 2 aromatic carbocycles. The van der Waals surface area contributed by atoms with Crippen LogP contribution in [0.1, 0.15) is 25.5 Å². The van der Waals surface area contributed by atoms with Crippen LogP contribution in [0.2, 0.25) is 0 Å². The minimum atomic E-state index is -4.07. The summed E-state index contributed by atoms with van der Waals surface area (Å²) in [6, 6.07) is 15.7. The second kappa shape index (κ2) is 9.57. The van der Waals surface area contributed by atoms with Crippen LogP contribution in [-0.4, -0.2) is 32.6 Å². The first-order chi connectivity index (χ1) is 14.9. The molecule has 0 unspecified atom stereocenters. The van der Waals surface area contributed by atoms with Crippen molar-refractivity contribution in [3.05, 3.63) is 60.4 Å². The van der Waals surface area contributed by atoms with Gasteiger partial charge in [0.15, 0.2) is 0 Å². The molecular formula is C22H22N2O6S. The molecular weight excluding hydrogens is 420 g/mol. The van der Waals surface area contributed by atoms with Crippen LogP contribution in [0.25, 0.3) is 22.4 Å². The maximum atomic E-state index is 12.5. The van der Waals surface area contributed by atoms with E-state index in [4.69, 9.17) is 4.52 Å². The van der Waals surface area contributed by atoms with Gasteiger partial charge in [0, 0.05) is 18.4 Å². The van der Waals surface area contributed by atoms with Crippen molar-refractivity contribution in [2.75, 3.05) is 7.11 Å². The maximum Gasteiger partial charge on any atom is 0.306 e. The van der Waals surface area contributed by atoms with Gasteiger partial charge in [0.05, 0.1) is 24.0 Å². The Bertz CT molecular complexity index is 1170. The number of sulfonamides is 1. The lowest BCUT2D eigenvalue weighted by Gasteiger charge is -2.08. The van der Waals surface area contributed by atoms with E-state index < -0.39 is 21.9 Å². The Balaban J connectivity index is 1.85. The second-order valence-electron chi connectivity index (χ2n) is 6.68. The molecule has 1 amide bonds. The maximum absolute atomic E-state index is 12.5. The van der Waals surface area contributed by atoms with Gasteiger partial charge in [0.1, 0.15) is 11.5 Å². The SMILES string of the molecule is CCc1onc(-c2ccccc2)c1-c1ccc(S(=O)(=O)NC(=O)CCC(=O)OC)cc1. The van der Waals surface area contributed by atoms with Gasteiger partial charge in [-0.05, 0) is 17.7 Å². The Hall–Kier alpha value is -3.46. The van der Waals surface area contributed by atoms with Crippen LogP contribution in [0.3, 0.4) is 0 Å². The largest absolute Gasteiger partial charge is 0.469 e. The highest BCUT2D eigenvalue weighted by molar-refractivity contribution is 7.90. The van der Waals surface area contributed by atoms with E-state index in [-0.39, 0.29) is 17.7 Å². The Kier molecular flexibility index (Phi) is 6.86. The summed E-state index contributed by atoms with van der Waals surface area (Å²) >= 11 is 0. The van der Waals surface area contributed by atoms with Gasteiger partial charge in [-0.2, -0.15) is 0 Å². The fourth-order valence-electron chi connectivity index (χ4n) is 3.03.